The van der Waals surface area contributed by atoms with Crippen molar-refractivity contribution in [2.75, 3.05) is 19.8 Å². The normalized spacial score (nSPS) is 18.3. The Morgan fingerprint density at radius 3 is 2.83 bits per heavy atom. The highest BCUT2D eigenvalue weighted by Gasteiger charge is 2.36. The van der Waals surface area contributed by atoms with Crippen LogP contribution in [0.2, 0.25) is 0 Å². The number of ether oxygens (including phenoxy) is 2. The van der Waals surface area contributed by atoms with Crippen LogP contribution in [0, 0.1) is 0 Å². The maximum atomic E-state index is 12.4. The number of hydrogen-bond acceptors (Lipinski definition) is 4. The second-order valence-corrected chi connectivity index (χ2v) is 4.56. The van der Waals surface area contributed by atoms with Gasteiger partial charge in [-0.15, -0.1) is 0 Å². The van der Waals surface area contributed by atoms with E-state index >= 15 is 0 Å². The fraction of sp³-hybridized carbons (Fsp3) is 0.500. The standard InChI is InChI=1S/C14H19NO3/c1-2-18-12-5-3-4-11(10-12)13(16)14(15)6-8-17-9-7-14/h3-5,10H,2,6-9,15H2,1H3. The van der Waals surface area contributed by atoms with Crippen LogP contribution in [0.1, 0.15) is 30.1 Å². The largest absolute Gasteiger partial charge is 0.494 e. The Balaban J connectivity index is 2.19. The first-order valence-electron chi connectivity index (χ1n) is 6.30. The van der Waals surface area contributed by atoms with Gasteiger partial charge in [-0.1, -0.05) is 12.1 Å². The zero-order chi connectivity index (χ0) is 13.0. The lowest BCUT2D eigenvalue weighted by molar-refractivity contribution is 0.0447. The summed E-state index contributed by atoms with van der Waals surface area (Å²) in [4.78, 5) is 12.4. The average Bonchev–Trinajstić information content (AvgIpc) is 2.39. The fourth-order valence-corrected chi connectivity index (χ4v) is 2.14. The van der Waals surface area contributed by atoms with Gasteiger partial charge in [0.1, 0.15) is 5.75 Å². The minimum atomic E-state index is -0.789. The Hall–Kier alpha value is -1.39. The molecule has 1 heterocycles. The van der Waals surface area contributed by atoms with Crippen molar-refractivity contribution in [3.63, 3.8) is 0 Å². The molecule has 0 aromatic heterocycles. The summed E-state index contributed by atoms with van der Waals surface area (Å²) in [6, 6.07) is 7.21. The minimum Gasteiger partial charge on any atom is -0.494 e. The summed E-state index contributed by atoms with van der Waals surface area (Å²) in [5, 5.41) is 0. The van der Waals surface area contributed by atoms with Crippen molar-refractivity contribution in [2.45, 2.75) is 25.3 Å². The van der Waals surface area contributed by atoms with Gasteiger partial charge in [-0.25, -0.2) is 0 Å². The van der Waals surface area contributed by atoms with Crippen LogP contribution in [0.25, 0.3) is 0 Å². The molecule has 98 valence electrons. The molecule has 0 saturated carbocycles. The molecule has 1 aliphatic heterocycles. The van der Waals surface area contributed by atoms with Gasteiger partial charge in [0.2, 0.25) is 0 Å². The molecule has 2 rings (SSSR count). The van der Waals surface area contributed by atoms with Crippen LogP contribution in [0.5, 0.6) is 5.75 Å². The molecular formula is C14H19NO3. The van der Waals surface area contributed by atoms with E-state index in [1.165, 1.54) is 0 Å². The molecule has 0 spiro atoms. The summed E-state index contributed by atoms with van der Waals surface area (Å²) >= 11 is 0. The summed E-state index contributed by atoms with van der Waals surface area (Å²) in [6.07, 6.45) is 1.15. The molecular weight excluding hydrogens is 230 g/mol. The summed E-state index contributed by atoms with van der Waals surface area (Å²) in [7, 11) is 0. The Morgan fingerprint density at radius 1 is 1.44 bits per heavy atom. The number of rotatable bonds is 4. The van der Waals surface area contributed by atoms with Gasteiger partial charge in [0, 0.05) is 18.8 Å². The maximum Gasteiger partial charge on any atom is 0.182 e. The molecule has 1 fully saturated rings. The van der Waals surface area contributed by atoms with Crippen LogP contribution < -0.4 is 10.5 Å². The first kappa shape index (κ1) is 13.1. The van der Waals surface area contributed by atoms with Crippen molar-refractivity contribution >= 4 is 5.78 Å². The van der Waals surface area contributed by atoms with Crippen LogP contribution in [-0.2, 0) is 4.74 Å². The Bertz CT molecular complexity index is 425. The monoisotopic (exact) mass is 249 g/mol. The predicted molar refractivity (Wildman–Crippen MR) is 68.9 cm³/mol. The lowest BCUT2D eigenvalue weighted by Gasteiger charge is -2.31. The summed E-state index contributed by atoms with van der Waals surface area (Å²) in [6.45, 7) is 3.59. The van der Waals surface area contributed by atoms with Crippen LogP contribution in [-0.4, -0.2) is 31.1 Å². The molecule has 2 N–H and O–H groups in total. The van der Waals surface area contributed by atoms with E-state index < -0.39 is 5.54 Å². The third-order valence-corrected chi connectivity index (χ3v) is 3.24. The summed E-state index contributed by atoms with van der Waals surface area (Å²) in [5.41, 5.74) is 6.02. The zero-order valence-corrected chi connectivity index (χ0v) is 10.6. The summed E-state index contributed by atoms with van der Waals surface area (Å²) in [5.74, 6) is 0.686. The zero-order valence-electron chi connectivity index (χ0n) is 10.6. The number of Topliss-reactive ketones (excluding diaryl/α,β-unsaturated/α-hetero) is 1. The number of benzene rings is 1. The third-order valence-electron chi connectivity index (χ3n) is 3.24. The summed E-state index contributed by atoms with van der Waals surface area (Å²) < 4.78 is 10.7. The lowest BCUT2D eigenvalue weighted by atomic mass is 9.83. The molecule has 1 aromatic carbocycles. The van der Waals surface area contributed by atoms with Crippen molar-refractivity contribution in [1.82, 2.24) is 0 Å². The highest BCUT2D eigenvalue weighted by atomic mass is 16.5. The Morgan fingerprint density at radius 2 is 2.17 bits per heavy atom. The van der Waals surface area contributed by atoms with Crippen LogP contribution in [0.15, 0.2) is 24.3 Å². The van der Waals surface area contributed by atoms with Crippen molar-refractivity contribution in [1.29, 1.82) is 0 Å². The average molecular weight is 249 g/mol. The quantitative estimate of drug-likeness (QED) is 0.826. The van der Waals surface area contributed by atoms with Crippen LogP contribution >= 0.6 is 0 Å². The number of carbonyl (C=O) groups is 1. The molecule has 0 unspecified atom stereocenters. The van der Waals surface area contributed by atoms with E-state index in [2.05, 4.69) is 0 Å². The third kappa shape index (κ3) is 2.71. The molecule has 4 nitrogen and oxygen atoms in total. The molecule has 0 atom stereocenters. The highest BCUT2D eigenvalue weighted by Crippen LogP contribution is 2.24. The van der Waals surface area contributed by atoms with Gasteiger partial charge in [-0.2, -0.15) is 0 Å². The van der Waals surface area contributed by atoms with Gasteiger partial charge in [0.05, 0.1) is 12.1 Å². The van der Waals surface area contributed by atoms with Gasteiger partial charge in [0.25, 0.3) is 0 Å². The molecule has 1 saturated heterocycles. The molecule has 0 radical (unpaired) electrons. The molecule has 4 heteroatoms. The van der Waals surface area contributed by atoms with Crippen molar-refractivity contribution < 1.29 is 14.3 Å². The second-order valence-electron chi connectivity index (χ2n) is 4.56. The van der Waals surface area contributed by atoms with E-state index in [0.29, 0.717) is 44.0 Å². The van der Waals surface area contributed by atoms with Crippen molar-refractivity contribution in [3.05, 3.63) is 29.8 Å². The van der Waals surface area contributed by atoms with E-state index in [9.17, 15) is 4.79 Å². The molecule has 0 aliphatic carbocycles. The van der Waals surface area contributed by atoms with E-state index in [1.54, 1.807) is 12.1 Å². The molecule has 1 aromatic rings. The number of hydrogen-bond donors (Lipinski definition) is 1. The fourth-order valence-electron chi connectivity index (χ4n) is 2.14. The smallest absolute Gasteiger partial charge is 0.182 e. The first-order chi connectivity index (χ1) is 8.65. The molecule has 0 bridgehead atoms. The van der Waals surface area contributed by atoms with Gasteiger partial charge < -0.3 is 15.2 Å². The van der Waals surface area contributed by atoms with Gasteiger partial charge >= 0.3 is 0 Å². The van der Waals surface area contributed by atoms with E-state index in [4.69, 9.17) is 15.2 Å². The number of ketones is 1. The van der Waals surface area contributed by atoms with E-state index in [-0.39, 0.29) is 5.78 Å². The predicted octanol–water partition coefficient (Wildman–Crippen LogP) is 1.78. The van der Waals surface area contributed by atoms with Crippen molar-refractivity contribution in [2.24, 2.45) is 5.73 Å². The maximum absolute atomic E-state index is 12.4. The SMILES string of the molecule is CCOc1cccc(C(=O)C2(N)CCOCC2)c1. The lowest BCUT2D eigenvalue weighted by Crippen LogP contribution is -2.51. The van der Waals surface area contributed by atoms with Crippen molar-refractivity contribution in [3.8, 4) is 5.75 Å². The van der Waals surface area contributed by atoms with Crippen LogP contribution in [0.4, 0.5) is 0 Å². The number of nitrogens with two attached hydrogens (primary N) is 1. The van der Waals surface area contributed by atoms with Crippen LogP contribution in [0.3, 0.4) is 0 Å². The topological polar surface area (TPSA) is 61.5 Å². The number of carbonyl (C=O) groups excluding carboxylic acids is 1. The van der Waals surface area contributed by atoms with E-state index in [0.717, 1.165) is 0 Å². The minimum absolute atomic E-state index is 0.0210. The van der Waals surface area contributed by atoms with E-state index in [1.807, 2.05) is 19.1 Å². The molecule has 18 heavy (non-hydrogen) atoms. The van der Waals surface area contributed by atoms with Gasteiger partial charge in [-0.05, 0) is 31.9 Å². The molecule has 1 aliphatic rings. The van der Waals surface area contributed by atoms with Gasteiger partial charge in [-0.3, -0.25) is 4.79 Å². The first-order valence-corrected chi connectivity index (χ1v) is 6.30. The Labute approximate surface area is 107 Å². The second kappa shape index (κ2) is 5.50. The molecule has 0 amide bonds. The van der Waals surface area contributed by atoms with Gasteiger partial charge in [0.15, 0.2) is 5.78 Å². The highest BCUT2D eigenvalue weighted by molar-refractivity contribution is 6.03. The Kier molecular flexibility index (Phi) is 3.99.